The van der Waals surface area contributed by atoms with Crippen molar-refractivity contribution in [3.05, 3.63) is 65.0 Å². The van der Waals surface area contributed by atoms with Crippen LogP contribution in [-0.4, -0.2) is 46.7 Å². The summed E-state index contributed by atoms with van der Waals surface area (Å²) < 4.78 is 26.7. The van der Waals surface area contributed by atoms with Crippen molar-refractivity contribution in [2.45, 2.75) is 79.3 Å². The minimum atomic E-state index is -0.871. The number of nitrogens with zero attached hydrogens (tertiary/aromatic N) is 2. The number of hydrogen-bond donors (Lipinski definition) is 0. The largest absolute Gasteiger partial charge is 0.489 e. The number of likely N-dealkylation sites (N-methyl/N-ethyl adjacent to an activating group) is 1. The Labute approximate surface area is 208 Å². The monoisotopic (exact) mass is 484 g/mol. The Morgan fingerprint density at radius 3 is 2.26 bits per heavy atom. The molecule has 1 unspecified atom stereocenters. The van der Waals surface area contributed by atoms with Crippen LogP contribution < -0.4 is 4.74 Å². The molecule has 2 aromatic rings. The molecule has 0 spiro atoms. The lowest BCUT2D eigenvalue weighted by molar-refractivity contribution is -0.129. The van der Waals surface area contributed by atoms with Crippen LogP contribution >= 0.6 is 0 Å². The first kappa shape index (κ1) is 26.5. The van der Waals surface area contributed by atoms with E-state index in [0.717, 1.165) is 11.1 Å². The van der Waals surface area contributed by atoms with Crippen LogP contribution in [0.25, 0.3) is 0 Å². The standard InChI is InChI=1S/C28H37FN2O4/c1-18-14-20(21(29)16-23(18)34-17-19-12-10-9-11-13-19)15-22-24(32)30(8)25(27(2,3)4)31(22)26(33)35-28(5,6)7/h9-14,16,22,25H,15,17H2,1-8H3/t22?,25-/m0/s1. The van der Waals surface area contributed by atoms with Crippen LogP contribution in [0.5, 0.6) is 5.75 Å². The molecule has 1 saturated heterocycles. The highest BCUT2D eigenvalue weighted by atomic mass is 19.1. The van der Waals surface area contributed by atoms with E-state index in [2.05, 4.69) is 0 Å². The molecule has 190 valence electrons. The van der Waals surface area contributed by atoms with E-state index in [9.17, 15) is 9.59 Å². The van der Waals surface area contributed by atoms with E-state index in [1.165, 1.54) is 11.0 Å². The fourth-order valence-corrected chi connectivity index (χ4v) is 4.54. The van der Waals surface area contributed by atoms with Gasteiger partial charge in [0.2, 0.25) is 5.91 Å². The van der Waals surface area contributed by atoms with Gasteiger partial charge in [-0.3, -0.25) is 9.69 Å². The molecule has 1 aliphatic heterocycles. The molecule has 0 aliphatic carbocycles. The average Bonchev–Trinajstić information content (AvgIpc) is 3.00. The van der Waals surface area contributed by atoms with E-state index in [1.54, 1.807) is 38.8 Å². The van der Waals surface area contributed by atoms with E-state index < -0.39 is 35.1 Å². The topological polar surface area (TPSA) is 59.1 Å². The van der Waals surface area contributed by atoms with E-state index in [0.29, 0.717) is 17.9 Å². The normalized spacial score (nSPS) is 18.7. The molecule has 7 heteroatoms. The molecule has 0 radical (unpaired) electrons. The predicted octanol–water partition coefficient (Wildman–Crippen LogP) is 5.71. The number of aryl methyl sites for hydroxylation is 1. The Bertz CT molecular complexity index is 1070. The minimum absolute atomic E-state index is 0.0423. The third-order valence-corrected chi connectivity index (χ3v) is 5.97. The summed E-state index contributed by atoms with van der Waals surface area (Å²) >= 11 is 0. The van der Waals surface area contributed by atoms with Crippen molar-refractivity contribution in [3.8, 4) is 5.75 Å². The van der Waals surface area contributed by atoms with Crippen molar-refractivity contribution in [3.63, 3.8) is 0 Å². The Balaban J connectivity index is 1.89. The zero-order chi connectivity index (χ0) is 26.1. The van der Waals surface area contributed by atoms with Crippen molar-refractivity contribution in [2.24, 2.45) is 5.41 Å². The average molecular weight is 485 g/mol. The van der Waals surface area contributed by atoms with Gasteiger partial charge >= 0.3 is 6.09 Å². The number of benzene rings is 2. The highest BCUT2D eigenvalue weighted by molar-refractivity contribution is 5.89. The van der Waals surface area contributed by atoms with E-state index >= 15 is 4.39 Å². The molecular formula is C28H37FN2O4. The van der Waals surface area contributed by atoms with Crippen LogP contribution in [-0.2, 0) is 22.6 Å². The van der Waals surface area contributed by atoms with Gasteiger partial charge in [-0.25, -0.2) is 9.18 Å². The molecule has 0 saturated carbocycles. The Hall–Kier alpha value is -3.09. The lowest BCUT2D eigenvalue weighted by Gasteiger charge is -2.39. The summed E-state index contributed by atoms with van der Waals surface area (Å²) in [5.74, 6) is -0.267. The maximum atomic E-state index is 15.2. The first-order chi connectivity index (χ1) is 16.2. The minimum Gasteiger partial charge on any atom is -0.489 e. The summed E-state index contributed by atoms with van der Waals surface area (Å²) in [5, 5.41) is 0. The van der Waals surface area contributed by atoms with Crippen molar-refractivity contribution in [1.82, 2.24) is 9.80 Å². The highest BCUT2D eigenvalue weighted by Crippen LogP contribution is 2.37. The second-order valence-corrected chi connectivity index (χ2v) is 11.3. The predicted molar refractivity (Wildman–Crippen MR) is 133 cm³/mol. The highest BCUT2D eigenvalue weighted by Gasteiger charge is 2.52. The molecule has 1 fully saturated rings. The van der Waals surface area contributed by atoms with Gasteiger partial charge in [0.25, 0.3) is 0 Å². The summed E-state index contributed by atoms with van der Waals surface area (Å²) in [6.07, 6.45) is -1.06. The van der Waals surface area contributed by atoms with E-state index in [-0.39, 0.29) is 12.3 Å². The zero-order valence-electron chi connectivity index (χ0n) is 22.0. The maximum Gasteiger partial charge on any atom is 0.412 e. The molecule has 35 heavy (non-hydrogen) atoms. The second-order valence-electron chi connectivity index (χ2n) is 11.3. The molecule has 1 heterocycles. The first-order valence-electron chi connectivity index (χ1n) is 11.9. The number of halogens is 1. The third-order valence-electron chi connectivity index (χ3n) is 5.97. The lowest BCUT2D eigenvalue weighted by Crippen LogP contribution is -2.52. The van der Waals surface area contributed by atoms with Crippen molar-refractivity contribution >= 4 is 12.0 Å². The molecule has 6 nitrogen and oxygen atoms in total. The first-order valence-corrected chi connectivity index (χ1v) is 11.9. The van der Waals surface area contributed by atoms with Gasteiger partial charge in [0.15, 0.2) is 0 Å². The van der Waals surface area contributed by atoms with E-state index in [4.69, 9.17) is 9.47 Å². The van der Waals surface area contributed by atoms with Crippen LogP contribution in [0, 0.1) is 18.2 Å². The van der Waals surface area contributed by atoms with Gasteiger partial charge in [-0.15, -0.1) is 0 Å². The van der Waals surface area contributed by atoms with Crippen LogP contribution in [0.2, 0.25) is 0 Å². The summed E-state index contributed by atoms with van der Waals surface area (Å²) in [5.41, 5.74) is 0.932. The SMILES string of the molecule is Cc1cc(CC2C(=O)N(C)[C@H](C(C)(C)C)N2C(=O)OC(C)(C)C)c(F)cc1OCc1ccccc1. The third kappa shape index (κ3) is 6.13. The van der Waals surface area contributed by atoms with Gasteiger partial charge in [-0.2, -0.15) is 0 Å². The summed E-state index contributed by atoms with van der Waals surface area (Å²) in [4.78, 5) is 29.6. The van der Waals surface area contributed by atoms with Gasteiger partial charge in [-0.1, -0.05) is 51.1 Å². The van der Waals surface area contributed by atoms with Gasteiger partial charge in [-0.05, 0) is 50.5 Å². The summed E-state index contributed by atoms with van der Waals surface area (Å²) in [6.45, 7) is 13.4. The number of carbonyl (C=O) groups excluding carboxylic acids is 2. The molecular weight excluding hydrogens is 447 g/mol. The Morgan fingerprint density at radius 1 is 1.06 bits per heavy atom. The smallest absolute Gasteiger partial charge is 0.412 e. The van der Waals surface area contributed by atoms with Crippen LogP contribution in [0.15, 0.2) is 42.5 Å². The zero-order valence-corrected chi connectivity index (χ0v) is 22.0. The number of carbonyl (C=O) groups is 2. The molecule has 0 bridgehead atoms. The molecule has 0 N–H and O–H groups in total. The molecule has 2 amide bonds. The molecule has 1 aliphatic rings. The summed E-state index contributed by atoms with van der Waals surface area (Å²) in [7, 11) is 1.68. The Morgan fingerprint density at radius 2 is 1.69 bits per heavy atom. The quantitative estimate of drug-likeness (QED) is 0.546. The number of amides is 2. The van der Waals surface area contributed by atoms with Gasteiger partial charge in [0.1, 0.15) is 36.0 Å². The fourth-order valence-electron chi connectivity index (χ4n) is 4.54. The van der Waals surface area contributed by atoms with Crippen molar-refractivity contribution < 1.29 is 23.5 Å². The van der Waals surface area contributed by atoms with Crippen LogP contribution in [0.4, 0.5) is 9.18 Å². The molecule has 2 aromatic carbocycles. The van der Waals surface area contributed by atoms with Gasteiger partial charge in [0.05, 0.1) is 0 Å². The van der Waals surface area contributed by atoms with Crippen molar-refractivity contribution in [2.75, 3.05) is 7.05 Å². The van der Waals surface area contributed by atoms with Crippen LogP contribution in [0.1, 0.15) is 58.2 Å². The fraction of sp³-hybridized carbons (Fsp3) is 0.500. The summed E-state index contributed by atoms with van der Waals surface area (Å²) in [6, 6.07) is 11.8. The van der Waals surface area contributed by atoms with Gasteiger partial charge in [0, 0.05) is 24.9 Å². The van der Waals surface area contributed by atoms with Crippen LogP contribution in [0.3, 0.4) is 0 Å². The van der Waals surface area contributed by atoms with Gasteiger partial charge < -0.3 is 14.4 Å². The van der Waals surface area contributed by atoms with Crippen molar-refractivity contribution in [1.29, 1.82) is 0 Å². The second kappa shape index (κ2) is 9.88. The lowest BCUT2D eigenvalue weighted by atomic mass is 9.91. The number of rotatable bonds is 5. The molecule has 3 rings (SSSR count). The number of hydrogen-bond acceptors (Lipinski definition) is 4. The molecule has 2 atom stereocenters. The van der Waals surface area contributed by atoms with E-state index in [1.807, 2.05) is 58.0 Å². The Kier molecular flexibility index (Phi) is 7.48. The maximum absolute atomic E-state index is 15.2. The molecule has 0 aromatic heterocycles. The number of ether oxygens (including phenoxy) is 2.